The minimum Gasteiger partial charge on any atom is -0.356 e. The lowest BCUT2D eigenvalue weighted by Crippen LogP contribution is -2.42. The van der Waals surface area contributed by atoms with E-state index in [4.69, 9.17) is 23.2 Å². The number of hydrogen-bond donors (Lipinski definition) is 2. The molecule has 0 aliphatic carbocycles. The van der Waals surface area contributed by atoms with Crippen LogP contribution < -0.4 is 10.6 Å². The number of hydrogen-bond acceptors (Lipinski definition) is 6. The molecule has 196 valence electrons. The van der Waals surface area contributed by atoms with Gasteiger partial charge in [0.05, 0.1) is 10.0 Å². The summed E-state index contributed by atoms with van der Waals surface area (Å²) in [4.78, 5) is 9.14. The van der Waals surface area contributed by atoms with E-state index in [1.807, 2.05) is 5.32 Å². The van der Waals surface area contributed by atoms with Crippen molar-refractivity contribution >= 4 is 60.7 Å². The molecule has 20 heteroatoms. The molecule has 1 heterocycles. The summed E-state index contributed by atoms with van der Waals surface area (Å²) >= 11 is 11.4. The number of carbonyl (C=O) groups excluding carboxylic acids is 1. The molecule has 1 amide bonds. The van der Waals surface area contributed by atoms with E-state index in [-0.39, 0.29) is 23.1 Å². The topological polar surface area (TPSA) is 117 Å². The molecule has 1 atom stereocenters. The minimum absolute atomic E-state index is 0.208. The van der Waals surface area contributed by atoms with Crippen LogP contribution in [0.15, 0.2) is 17.0 Å². The molecule has 2 rings (SSSR count). The van der Waals surface area contributed by atoms with Gasteiger partial charge in [0.25, 0.3) is 0 Å². The highest BCUT2D eigenvalue weighted by molar-refractivity contribution is 8.45. The Kier molecular flexibility index (Phi) is 6.58. The molecule has 2 N–H and O–H groups in total. The van der Waals surface area contributed by atoms with Gasteiger partial charge in [-0.15, -0.1) is 0 Å². The summed E-state index contributed by atoms with van der Waals surface area (Å²) < 4.78 is 130. The first-order valence-corrected chi connectivity index (χ1v) is 13.1. The van der Waals surface area contributed by atoms with Crippen molar-refractivity contribution in [1.29, 1.82) is 5.26 Å². The van der Waals surface area contributed by atoms with Gasteiger partial charge in [0, 0.05) is 13.2 Å². The average molecular weight is 596 g/mol. The van der Waals surface area contributed by atoms with Crippen LogP contribution in [0.5, 0.6) is 0 Å². The highest BCUT2D eigenvalue weighted by Gasteiger charge is 2.65. The third kappa shape index (κ3) is 6.39. The third-order valence-electron chi connectivity index (χ3n) is 3.93. The second kappa shape index (κ2) is 8.01. The molecular weight excluding hydrogens is 585 g/mol. The molecular formula is C15H11Cl2F8N5O3S2. The van der Waals surface area contributed by atoms with Crippen molar-refractivity contribution in [2.24, 2.45) is 0 Å². The second-order valence-electron chi connectivity index (χ2n) is 6.88. The maximum Gasteiger partial charge on any atom is 0.423 e. The normalized spacial score (nSPS) is 15.5. The maximum atomic E-state index is 13.4. The summed E-state index contributed by atoms with van der Waals surface area (Å²) in [5, 5.41) is 10.6. The largest absolute Gasteiger partial charge is 0.423 e. The maximum absolute atomic E-state index is 13.4. The van der Waals surface area contributed by atoms with E-state index in [2.05, 4.69) is 5.10 Å². The van der Waals surface area contributed by atoms with Crippen LogP contribution in [0.1, 0.15) is 12.6 Å². The van der Waals surface area contributed by atoms with Crippen LogP contribution >= 0.6 is 33.4 Å². The van der Waals surface area contributed by atoms with Gasteiger partial charge in [-0.05, 0) is 12.1 Å². The van der Waals surface area contributed by atoms with E-state index < -0.39 is 75.3 Å². The molecule has 2 aromatic rings. The van der Waals surface area contributed by atoms with Gasteiger partial charge in [-0.3, -0.25) is 4.79 Å². The van der Waals surface area contributed by atoms with Crippen LogP contribution in [0.25, 0.3) is 5.69 Å². The third-order valence-corrected chi connectivity index (χ3v) is 6.88. The number of aromatic nitrogens is 2. The Morgan fingerprint density at radius 3 is 2.00 bits per heavy atom. The first-order chi connectivity index (χ1) is 15.4. The quantitative estimate of drug-likeness (QED) is 0.395. The molecule has 0 aliphatic rings. The number of nitriles is 1. The molecule has 8 nitrogen and oxygen atoms in total. The van der Waals surface area contributed by atoms with Gasteiger partial charge in [0.15, 0.2) is 21.3 Å². The Bertz CT molecular complexity index is 1350. The Balaban J connectivity index is 2.90. The van der Waals surface area contributed by atoms with Crippen LogP contribution in [0.3, 0.4) is 0 Å². The highest BCUT2D eigenvalue weighted by Crippen LogP contribution is 3.02. The fourth-order valence-corrected chi connectivity index (χ4v) is 4.88. The summed E-state index contributed by atoms with van der Waals surface area (Å²) in [6, 6.07) is 0.829. The van der Waals surface area contributed by atoms with E-state index in [1.165, 1.54) is 11.4 Å². The van der Waals surface area contributed by atoms with Crippen LogP contribution in [0.4, 0.5) is 44.1 Å². The Morgan fingerprint density at radius 1 is 1.17 bits per heavy atom. The number of carbonyl (C=O) groups is 1. The number of sulfone groups is 1. The van der Waals surface area contributed by atoms with Crippen molar-refractivity contribution in [2.75, 3.05) is 16.9 Å². The summed E-state index contributed by atoms with van der Waals surface area (Å²) in [7, 11) is -15.2. The van der Waals surface area contributed by atoms with Crippen molar-refractivity contribution in [3.63, 3.8) is 0 Å². The van der Waals surface area contributed by atoms with Crippen LogP contribution in [-0.2, 0) is 14.6 Å². The highest BCUT2D eigenvalue weighted by atomic mass is 35.5. The van der Waals surface area contributed by atoms with Gasteiger partial charge in [-0.1, -0.05) is 42.6 Å². The average Bonchev–Trinajstić information content (AvgIpc) is 2.91. The number of halogens is 10. The standard InChI is InChI=1S/C15H11Cl2F8N5O3S2/c1-6(31)27-13-11(28-14(15(18,19)20)34(2,32)33)10(5-26)29-30(13)12-8(16)3-7(4-9(12)17)35(21,22,23,24)25/h3-4,14,28H,1-2H3,(H,27,31). The molecule has 0 bridgehead atoms. The summed E-state index contributed by atoms with van der Waals surface area (Å²) in [5.74, 6) is -1.94. The van der Waals surface area contributed by atoms with Gasteiger partial charge in [0.2, 0.25) is 11.3 Å². The molecule has 0 radical (unpaired) electrons. The number of rotatable bonds is 6. The van der Waals surface area contributed by atoms with Crippen molar-refractivity contribution in [3.8, 4) is 11.8 Å². The lowest BCUT2D eigenvalue weighted by Gasteiger charge is -2.40. The fourth-order valence-electron chi connectivity index (χ4n) is 2.61. The number of alkyl halides is 3. The molecule has 0 saturated heterocycles. The molecule has 0 fully saturated rings. The van der Waals surface area contributed by atoms with Crippen molar-refractivity contribution in [1.82, 2.24) is 9.78 Å². The van der Waals surface area contributed by atoms with Gasteiger partial charge in [0.1, 0.15) is 22.3 Å². The van der Waals surface area contributed by atoms with Gasteiger partial charge in [-0.2, -0.15) is 23.5 Å². The Labute approximate surface area is 201 Å². The van der Waals surface area contributed by atoms with Crippen LogP contribution in [0.2, 0.25) is 10.0 Å². The van der Waals surface area contributed by atoms with E-state index in [1.54, 1.807) is 0 Å². The van der Waals surface area contributed by atoms with E-state index in [9.17, 15) is 51.1 Å². The number of benzene rings is 1. The first-order valence-electron chi connectivity index (χ1n) is 8.43. The second-order valence-corrected chi connectivity index (χ2v) is 12.2. The predicted molar refractivity (Wildman–Crippen MR) is 112 cm³/mol. The molecule has 35 heavy (non-hydrogen) atoms. The number of nitrogens with one attached hydrogen (secondary N) is 2. The Hall–Kier alpha value is -2.49. The molecule has 0 saturated carbocycles. The number of anilines is 2. The lowest BCUT2D eigenvalue weighted by atomic mass is 10.3. The van der Waals surface area contributed by atoms with Crippen LogP contribution in [0, 0.1) is 11.3 Å². The molecule has 1 unspecified atom stereocenters. The van der Waals surface area contributed by atoms with Crippen molar-refractivity contribution in [3.05, 3.63) is 27.9 Å². The monoisotopic (exact) mass is 595 g/mol. The zero-order chi connectivity index (χ0) is 27.4. The number of amides is 1. The first kappa shape index (κ1) is 28.7. The minimum atomic E-state index is -10.3. The lowest BCUT2D eigenvalue weighted by molar-refractivity contribution is -0.125. The van der Waals surface area contributed by atoms with Gasteiger partial charge < -0.3 is 10.6 Å². The SMILES string of the molecule is CC(=O)Nc1c(NC(C(F)(F)F)S(C)(=O)=O)c(C#N)nn1-c1c(Cl)cc(S(F)(F)(F)(F)F)cc1Cl. The van der Waals surface area contributed by atoms with Gasteiger partial charge in [-0.25, -0.2) is 13.1 Å². The fraction of sp³-hybridized carbons (Fsp3) is 0.267. The Morgan fingerprint density at radius 2 is 1.66 bits per heavy atom. The number of nitrogens with zero attached hydrogens (tertiary/aromatic N) is 3. The van der Waals surface area contributed by atoms with Gasteiger partial charge >= 0.3 is 16.4 Å². The molecule has 1 aromatic carbocycles. The van der Waals surface area contributed by atoms with Crippen molar-refractivity contribution in [2.45, 2.75) is 23.4 Å². The summed E-state index contributed by atoms with van der Waals surface area (Å²) in [5.41, 5.74) is -2.87. The summed E-state index contributed by atoms with van der Waals surface area (Å²) in [6.07, 6.45) is -5.24. The summed E-state index contributed by atoms with van der Waals surface area (Å²) in [6.45, 7) is 0.825. The zero-order valence-electron chi connectivity index (χ0n) is 16.9. The van der Waals surface area contributed by atoms with E-state index in [0.717, 1.165) is 6.92 Å². The zero-order valence-corrected chi connectivity index (χ0v) is 20.0. The predicted octanol–water partition coefficient (Wildman–Crippen LogP) is 6.01. The molecule has 0 aliphatic heterocycles. The van der Waals surface area contributed by atoms with E-state index in [0.29, 0.717) is 0 Å². The molecule has 1 aromatic heterocycles. The molecule has 0 spiro atoms. The van der Waals surface area contributed by atoms with Crippen molar-refractivity contribution < 1.29 is 45.8 Å². The van der Waals surface area contributed by atoms with Crippen LogP contribution in [-0.4, -0.2) is 41.9 Å². The smallest absolute Gasteiger partial charge is 0.356 e. The van der Waals surface area contributed by atoms with E-state index >= 15 is 0 Å².